The van der Waals surface area contributed by atoms with E-state index in [9.17, 15) is 9.59 Å². The third-order valence-corrected chi connectivity index (χ3v) is 2.93. The summed E-state index contributed by atoms with van der Waals surface area (Å²) in [6.45, 7) is 3.51. The predicted octanol–water partition coefficient (Wildman–Crippen LogP) is 1.48. The summed E-state index contributed by atoms with van der Waals surface area (Å²) in [6, 6.07) is 8.49. The number of nitrogens with two attached hydrogens (primary N) is 1. The third kappa shape index (κ3) is 4.71. The topological polar surface area (TPSA) is 83.6 Å². The number of amides is 1. The van der Waals surface area contributed by atoms with Gasteiger partial charge < -0.3 is 15.7 Å². The molecule has 5 nitrogen and oxygen atoms in total. The number of carboxylic acids is 1. The van der Waals surface area contributed by atoms with Gasteiger partial charge in [0.05, 0.1) is 0 Å². The van der Waals surface area contributed by atoms with Crippen LogP contribution in [-0.2, 0) is 9.59 Å². The molecule has 1 amide bonds. The minimum absolute atomic E-state index is 0.139. The van der Waals surface area contributed by atoms with E-state index in [0.29, 0.717) is 5.69 Å². The summed E-state index contributed by atoms with van der Waals surface area (Å²) < 4.78 is 0. The Balaban J connectivity index is 2.86. The van der Waals surface area contributed by atoms with E-state index in [0.717, 1.165) is 0 Å². The number of para-hydroxylation sites is 1. The van der Waals surface area contributed by atoms with E-state index in [2.05, 4.69) is 0 Å². The molecule has 1 aromatic rings. The van der Waals surface area contributed by atoms with Crippen LogP contribution in [0.3, 0.4) is 0 Å². The molecule has 0 saturated carbocycles. The molecule has 0 fully saturated rings. The van der Waals surface area contributed by atoms with Crippen molar-refractivity contribution in [1.29, 1.82) is 0 Å². The van der Waals surface area contributed by atoms with Crippen molar-refractivity contribution in [2.45, 2.75) is 26.3 Å². The number of rotatable bonds is 6. The van der Waals surface area contributed by atoms with Gasteiger partial charge in [0.1, 0.15) is 6.54 Å². The Bertz CT molecular complexity index is 432. The molecule has 0 aliphatic heterocycles. The van der Waals surface area contributed by atoms with E-state index in [1.165, 1.54) is 4.90 Å². The summed E-state index contributed by atoms with van der Waals surface area (Å²) >= 11 is 0. The van der Waals surface area contributed by atoms with Gasteiger partial charge in [0, 0.05) is 18.2 Å². The van der Waals surface area contributed by atoms with Crippen LogP contribution in [0.5, 0.6) is 0 Å². The van der Waals surface area contributed by atoms with Crippen molar-refractivity contribution in [2.75, 3.05) is 11.4 Å². The van der Waals surface area contributed by atoms with Crippen molar-refractivity contribution in [2.24, 2.45) is 11.7 Å². The van der Waals surface area contributed by atoms with Crippen molar-refractivity contribution in [3.63, 3.8) is 0 Å². The molecule has 0 heterocycles. The average molecular weight is 264 g/mol. The Morgan fingerprint density at radius 2 is 1.84 bits per heavy atom. The lowest BCUT2D eigenvalue weighted by Gasteiger charge is -2.23. The van der Waals surface area contributed by atoms with E-state index >= 15 is 0 Å². The van der Waals surface area contributed by atoms with Crippen LogP contribution in [0.25, 0.3) is 0 Å². The predicted molar refractivity (Wildman–Crippen MR) is 73.9 cm³/mol. The van der Waals surface area contributed by atoms with Crippen LogP contribution in [0, 0.1) is 5.92 Å². The zero-order valence-corrected chi connectivity index (χ0v) is 11.2. The molecule has 0 radical (unpaired) electrons. The van der Waals surface area contributed by atoms with Crippen LogP contribution < -0.4 is 10.6 Å². The van der Waals surface area contributed by atoms with Crippen LogP contribution in [0.2, 0.25) is 0 Å². The number of aliphatic carboxylic acids is 1. The number of anilines is 1. The molecule has 1 atom stereocenters. The minimum atomic E-state index is -1.05. The summed E-state index contributed by atoms with van der Waals surface area (Å²) in [5.41, 5.74) is 6.44. The Morgan fingerprint density at radius 1 is 1.26 bits per heavy atom. The highest BCUT2D eigenvalue weighted by molar-refractivity contribution is 5.97. The lowest BCUT2D eigenvalue weighted by Crippen LogP contribution is -2.40. The second-order valence-corrected chi connectivity index (χ2v) is 4.82. The Labute approximate surface area is 113 Å². The first kappa shape index (κ1) is 15.2. The lowest BCUT2D eigenvalue weighted by molar-refractivity contribution is -0.136. The summed E-state index contributed by atoms with van der Waals surface area (Å²) in [6.07, 6.45) is 0.139. The first-order valence-electron chi connectivity index (χ1n) is 6.24. The zero-order valence-electron chi connectivity index (χ0n) is 11.2. The minimum Gasteiger partial charge on any atom is -0.480 e. The molecule has 0 aromatic heterocycles. The maximum Gasteiger partial charge on any atom is 0.323 e. The van der Waals surface area contributed by atoms with Crippen LogP contribution in [0.15, 0.2) is 30.3 Å². The van der Waals surface area contributed by atoms with Gasteiger partial charge in [-0.2, -0.15) is 0 Å². The van der Waals surface area contributed by atoms with Gasteiger partial charge in [-0.15, -0.1) is 0 Å². The normalized spacial score (nSPS) is 12.2. The average Bonchev–Trinajstić information content (AvgIpc) is 2.36. The van der Waals surface area contributed by atoms with Crippen molar-refractivity contribution in [3.8, 4) is 0 Å². The van der Waals surface area contributed by atoms with Gasteiger partial charge in [0.15, 0.2) is 0 Å². The molecule has 0 spiro atoms. The van der Waals surface area contributed by atoms with E-state index in [4.69, 9.17) is 10.8 Å². The Kier molecular flexibility index (Phi) is 5.51. The molecule has 3 N–H and O–H groups in total. The molecule has 104 valence electrons. The van der Waals surface area contributed by atoms with E-state index in [-0.39, 0.29) is 30.8 Å². The van der Waals surface area contributed by atoms with Crippen LogP contribution >= 0.6 is 0 Å². The first-order valence-corrected chi connectivity index (χ1v) is 6.24. The molecule has 0 saturated heterocycles. The lowest BCUT2D eigenvalue weighted by atomic mass is 10.0. The highest BCUT2D eigenvalue weighted by atomic mass is 16.4. The first-order chi connectivity index (χ1) is 8.91. The van der Waals surface area contributed by atoms with Gasteiger partial charge >= 0.3 is 5.97 Å². The van der Waals surface area contributed by atoms with Gasteiger partial charge in [-0.05, 0) is 18.1 Å². The molecule has 0 aliphatic rings. The molecular weight excluding hydrogens is 244 g/mol. The monoisotopic (exact) mass is 264 g/mol. The smallest absolute Gasteiger partial charge is 0.323 e. The van der Waals surface area contributed by atoms with Gasteiger partial charge in [-0.1, -0.05) is 32.0 Å². The van der Waals surface area contributed by atoms with Crippen LogP contribution in [-0.4, -0.2) is 29.6 Å². The standard InChI is InChI=1S/C14H20N2O3/c1-10(2)12(15)8-13(17)16(9-14(18)19)11-6-4-3-5-7-11/h3-7,10,12H,8-9,15H2,1-2H3,(H,18,19). The molecule has 5 heteroatoms. The van der Waals surface area contributed by atoms with E-state index in [1.54, 1.807) is 24.3 Å². The summed E-state index contributed by atoms with van der Waals surface area (Å²) in [5.74, 6) is -1.14. The number of hydrogen-bond acceptors (Lipinski definition) is 3. The molecule has 0 aliphatic carbocycles. The maximum atomic E-state index is 12.2. The van der Waals surface area contributed by atoms with Gasteiger partial charge in [0.25, 0.3) is 0 Å². The SMILES string of the molecule is CC(C)C(N)CC(=O)N(CC(=O)O)c1ccccc1. The van der Waals surface area contributed by atoms with Crippen LogP contribution in [0.1, 0.15) is 20.3 Å². The van der Waals surface area contributed by atoms with E-state index in [1.807, 2.05) is 19.9 Å². The summed E-state index contributed by atoms with van der Waals surface area (Å²) in [4.78, 5) is 24.3. The number of carbonyl (C=O) groups is 2. The van der Waals surface area contributed by atoms with Crippen molar-refractivity contribution >= 4 is 17.6 Å². The summed E-state index contributed by atoms with van der Waals surface area (Å²) in [7, 11) is 0. The van der Waals surface area contributed by atoms with Crippen molar-refractivity contribution in [3.05, 3.63) is 30.3 Å². The van der Waals surface area contributed by atoms with Crippen molar-refractivity contribution < 1.29 is 14.7 Å². The van der Waals surface area contributed by atoms with Gasteiger partial charge in [-0.3, -0.25) is 9.59 Å². The summed E-state index contributed by atoms with van der Waals surface area (Å²) in [5, 5.41) is 8.91. The highest BCUT2D eigenvalue weighted by Crippen LogP contribution is 2.16. The van der Waals surface area contributed by atoms with Crippen molar-refractivity contribution in [1.82, 2.24) is 0 Å². The second kappa shape index (κ2) is 6.89. The fraction of sp³-hybridized carbons (Fsp3) is 0.429. The molecule has 19 heavy (non-hydrogen) atoms. The third-order valence-electron chi connectivity index (χ3n) is 2.93. The van der Waals surface area contributed by atoms with Gasteiger partial charge in [-0.25, -0.2) is 0 Å². The van der Waals surface area contributed by atoms with Crippen LogP contribution in [0.4, 0.5) is 5.69 Å². The number of benzene rings is 1. The quantitative estimate of drug-likeness (QED) is 0.815. The molecule has 1 rings (SSSR count). The fourth-order valence-electron chi connectivity index (χ4n) is 1.61. The highest BCUT2D eigenvalue weighted by Gasteiger charge is 2.22. The maximum absolute atomic E-state index is 12.2. The largest absolute Gasteiger partial charge is 0.480 e. The second-order valence-electron chi connectivity index (χ2n) is 4.82. The molecule has 1 aromatic carbocycles. The molecule has 1 unspecified atom stereocenters. The zero-order chi connectivity index (χ0) is 14.4. The van der Waals surface area contributed by atoms with E-state index < -0.39 is 5.97 Å². The fourth-order valence-corrected chi connectivity index (χ4v) is 1.61. The number of carboxylic acid groups (broad SMARTS) is 1. The molecular formula is C14H20N2O3. The number of hydrogen-bond donors (Lipinski definition) is 2. The Morgan fingerprint density at radius 3 is 2.32 bits per heavy atom. The number of nitrogens with zero attached hydrogens (tertiary/aromatic N) is 1. The number of carbonyl (C=O) groups excluding carboxylic acids is 1. The Hall–Kier alpha value is -1.88. The molecule has 0 bridgehead atoms. The van der Waals surface area contributed by atoms with Gasteiger partial charge in [0.2, 0.25) is 5.91 Å².